The Labute approximate surface area is 156 Å². The summed E-state index contributed by atoms with van der Waals surface area (Å²) >= 11 is 15.0. The van der Waals surface area contributed by atoms with Gasteiger partial charge in [0.25, 0.3) is 0 Å². The minimum absolute atomic E-state index is 0.00200. The molecule has 2 aromatic carbocycles. The maximum absolute atomic E-state index is 13.4. The number of allylic oxidation sites excluding steroid dienone is 1. The van der Waals surface area contributed by atoms with Crippen molar-refractivity contribution in [3.63, 3.8) is 0 Å². The second-order valence-corrected chi connectivity index (χ2v) is 6.80. The van der Waals surface area contributed by atoms with Crippen molar-refractivity contribution in [3.05, 3.63) is 68.1 Å². The third-order valence-corrected chi connectivity index (χ3v) is 4.43. The topological polar surface area (TPSA) is 12.0 Å². The maximum Gasteiger partial charge on any atom is 0.399 e. The van der Waals surface area contributed by atoms with Crippen molar-refractivity contribution in [1.29, 1.82) is 0 Å². The molecule has 0 saturated carbocycles. The summed E-state index contributed by atoms with van der Waals surface area (Å²) < 4.78 is 41.0. The summed E-state index contributed by atoms with van der Waals surface area (Å²) in [6.45, 7) is 0. The van der Waals surface area contributed by atoms with Gasteiger partial charge in [-0.05, 0) is 57.4 Å². The molecule has 1 N–H and O–H groups in total. The molecule has 7 heteroatoms. The quantitative estimate of drug-likeness (QED) is 0.534. The van der Waals surface area contributed by atoms with Gasteiger partial charge in [-0.25, -0.2) is 0 Å². The van der Waals surface area contributed by atoms with Crippen LogP contribution in [0, 0.1) is 0 Å². The Kier molecular flexibility index (Phi) is 6.23. The lowest BCUT2D eigenvalue weighted by molar-refractivity contribution is -0.139. The van der Waals surface area contributed by atoms with Crippen molar-refractivity contribution in [3.8, 4) is 0 Å². The standard InChI is InChI=1S/C17H13BrCl2F3N/c1-24-16-5-3-10(6-15(16)18)2-4-14(17(21,22)23)11-7-12(19)9-13(20)8-11/h2-9,14,24H,1H3/b4-2+. The average Bonchev–Trinajstić information content (AvgIpc) is 2.45. The molecule has 0 saturated heterocycles. The van der Waals surface area contributed by atoms with E-state index in [-0.39, 0.29) is 15.6 Å². The third kappa shape index (κ3) is 4.91. The lowest BCUT2D eigenvalue weighted by Crippen LogP contribution is -2.18. The highest BCUT2D eigenvalue weighted by Crippen LogP contribution is 2.38. The first-order chi connectivity index (χ1) is 11.2. The van der Waals surface area contributed by atoms with Crippen molar-refractivity contribution in [2.75, 3.05) is 12.4 Å². The van der Waals surface area contributed by atoms with Gasteiger partial charge in [0.05, 0.1) is 5.92 Å². The van der Waals surface area contributed by atoms with E-state index in [0.717, 1.165) is 16.2 Å². The average molecular weight is 439 g/mol. The van der Waals surface area contributed by atoms with Crippen molar-refractivity contribution < 1.29 is 13.2 Å². The van der Waals surface area contributed by atoms with Crippen LogP contribution in [0.3, 0.4) is 0 Å². The lowest BCUT2D eigenvalue weighted by atomic mass is 9.97. The SMILES string of the molecule is CNc1ccc(/C=C/C(c2cc(Cl)cc(Cl)c2)C(F)(F)F)cc1Br. The van der Waals surface area contributed by atoms with Crippen LogP contribution in [-0.2, 0) is 0 Å². The Bertz CT molecular complexity index is 740. The van der Waals surface area contributed by atoms with Gasteiger partial charge >= 0.3 is 6.18 Å². The Hall–Kier alpha value is -1.17. The molecular weight excluding hydrogens is 426 g/mol. The molecule has 128 valence electrons. The van der Waals surface area contributed by atoms with Crippen LogP contribution in [0.25, 0.3) is 6.08 Å². The zero-order valence-electron chi connectivity index (χ0n) is 12.5. The fourth-order valence-corrected chi connectivity index (χ4v) is 3.35. The molecule has 0 spiro atoms. The van der Waals surface area contributed by atoms with E-state index in [0.29, 0.717) is 5.56 Å². The van der Waals surface area contributed by atoms with E-state index in [9.17, 15) is 13.2 Å². The highest BCUT2D eigenvalue weighted by atomic mass is 79.9. The predicted octanol–water partition coefficient (Wildman–Crippen LogP) is 7.16. The summed E-state index contributed by atoms with van der Waals surface area (Å²) in [4.78, 5) is 0. The molecule has 1 unspecified atom stereocenters. The molecule has 0 heterocycles. The molecular formula is C17H13BrCl2F3N. The van der Waals surface area contributed by atoms with Crippen molar-refractivity contribution in [2.24, 2.45) is 0 Å². The van der Waals surface area contributed by atoms with Crippen LogP contribution in [0.15, 0.2) is 46.9 Å². The second-order valence-electron chi connectivity index (χ2n) is 5.07. The van der Waals surface area contributed by atoms with Gasteiger partial charge in [0.2, 0.25) is 0 Å². The fraction of sp³-hybridized carbons (Fsp3) is 0.176. The molecule has 2 rings (SSSR count). The smallest absolute Gasteiger partial charge is 0.387 e. The molecule has 0 aliphatic carbocycles. The molecule has 0 radical (unpaired) electrons. The van der Waals surface area contributed by atoms with Gasteiger partial charge in [0.1, 0.15) is 0 Å². The molecule has 24 heavy (non-hydrogen) atoms. The van der Waals surface area contributed by atoms with Gasteiger partial charge in [-0.2, -0.15) is 13.2 Å². The van der Waals surface area contributed by atoms with E-state index >= 15 is 0 Å². The van der Waals surface area contributed by atoms with E-state index in [1.807, 2.05) is 0 Å². The minimum atomic E-state index is -4.45. The Morgan fingerprint density at radius 3 is 2.21 bits per heavy atom. The first kappa shape index (κ1) is 19.2. The second kappa shape index (κ2) is 7.81. The first-order valence-electron chi connectivity index (χ1n) is 6.89. The van der Waals surface area contributed by atoms with Gasteiger partial charge in [0.15, 0.2) is 0 Å². The molecule has 0 aliphatic heterocycles. The number of alkyl halides is 3. The first-order valence-corrected chi connectivity index (χ1v) is 8.44. The van der Waals surface area contributed by atoms with E-state index in [1.54, 1.807) is 25.2 Å². The number of anilines is 1. The number of nitrogens with one attached hydrogen (secondary N) is 1. The predicted molar refractivity (Wildman–Crippen MR) is 98.0 cm³/mol. The molecule has 0 aromatic heterocycles. The van der Waals surface area contributed by atoms with E-state index < -0.39 is 12.1 Å². The summed E-state index contributed by atoms with van der Waals surface area (Å²) in [6, 6.07) is 9.19. The van der Waals surface area contributed by atoms with Gasteiger partial charge in [0, 0.05) is 27.3 Å². The Morgan fingerprint density at radius 2 is 1.71 bits per heavy atom. The maximum atomic E-state index is 13.4. The number of rotatable bonds is 4. The van der Waals surface area contributed by atoms with E-state index in [2.05, 4.69) is 21.2 Å². The Balaban J connectivity index is 2.38. The largest absolute Gasteiger partial charge is 0.399 e. The molecule has 2 aromatic rings. The van der Waals surface area contributed by atoms with Crippen LogP contribution in [0.2, 0.25) is 10.0 Å². The number of hydrogen-bond acceptors (Lipinski definition) is 1. The summed E-state index contributed by atoms with van der Waals surface area (Å²) in [5.74, 6) is -1.79. The van der Waals surface area contributed by atoms with Crippen molar-refractivity contribution in [2.45, 2.75) is 12.1 Å². The van der Waals surface area contributed by atoms with Crippen LogP contribution < -0.4 is 5.32 Å². The van der Waals surface area contributed by atoms with Gasteiger partial charge in [-0.1, -0.05) is 41.4 Å². The minimum Gasteiger partial charge on any atom is -0.387 e. The molecule has 1 nitrogen and oxygen atoms in total. The summed E-state index contributed by atoms with van der Waals surface area (Å²) in [6.07, 6.45) is -1.92. The zero-order valence-corrected chi connectivity index (χ0v) is 15.6. The monoisotopic (exact) mass is 437 g/mol. The molecule has 0 fully saturated rings. The fourth-order valence-electron chi connectivity index (χ4n) is 2.21. The third-order valence-electron chi connectivity index (χ3n) is 3.34. The van der Waals surface area contributed by atoms with Crippen molar-refractivity contribution in [1.82, 2.24) is 0 Å². The normalized spacial score (nSPS) is 13.3. The van der Waals surface area contributed by atoms with Crippen LogP contribution in [0.5, 0.6) is 0 Å². The van der Waals surface area contributed by atoms with Crippen molar-refractivity contribution >= 4 is 50.9 Å². The van der Waals surface area contributed by atoms with Gasteiger partial charge in [-0.15, -0.1) is 0 Å². The van der Waals surface area contributed by atoms with E-state index in [4.69, 9.17) is 23.2 Å². The number of halogens is 6. The van der Waals surface area contributed by atoms with Crippen LogP contribution in [0.4, 0.5) is 18.9 Å². The van der Waals surface area contributed by atoms with Crippen LogP contribution in [0.1, 0.15) is 17.0 Å². The highest BCUT2D eigenvalue weighted by Gasteiger charge is 2.39. The zero-order chi connectivity index (χ0) is 17.9. The summed E-state index contributed by atoms with van der Waals surface area (Å²) in [5, 5.41) is 3.31. The molecule has 0 aliphatic rings. The van der Waals surface area contributed by atoms with Gasteiger partial charge < -0.3 is 5.32 Å². The number of hydrogen-bond donors (Lipinski definition) is 1. The molecule has 0 amide bonds. The lowest BCUT2D eigenvalue weighted by Gasteiger charge is -2.18. The molecule has 0 bridgehead atoms. The van der Waals surface area contributed by atoms with Crippen LogP contribution in [-0.4, -0.2) is 13.2 Å². The van der Waals surface area contributed by atoms with Crippen LogP contribution >= 0.6 is 39.1 Å². The highest BCUT2D eigenvalue weighted by molar-refractivity contribution is 9.10. The van der Waals surface area contributed by atoms with Gasteiger partial charge in [-0.3, -0.25) is 0 Å². The number of benzene rings is 2. The molecule has 1 atom stereocenters. The summed E-state index contributed by atoms with van der Waals surface area (Å²) in [5.41, 5.74) is 1.49. The van der Waals surface area contributed by atoms with E-state index in [1.165, 1.54) is 24.3 Å². The Morgan fingerprint density at radius 1 is 1.08 bits per heavy atom. The summed E-state index contributed by atoms with van der Waals surface area (Å²) in [7, 11) is 1.76.